The van der Waals surface area contributed by atoms with Crippen molar-refractivity contribution in [2.24, 2.45) is 5.92 Å². The van der Waals surface area contributed by atoms with E-state index in [1.165, 1.54) is 5.01 Å². The van der Waals surface area contributed by atoms with Crippen LogP contribution in [0, 0.1) is 5.92 Å². The van der Waals surface area contributed by atoms with Crippen LogP contribution in [0.15, 0.2) is 60.8 Å². The zero-order valence-electron chi connectivity index (χ0n) is 21.5. The number of nitrogens with one attached hydrogen (secondary N) is 1. The highest BCUT2D eigenvalue weighted by atomic mass is 19.1. The SMILES string of the molecule is O=C(c1ccccc1)N1CCC(CN2CCC(n3ccc4c(ONN5CCC5=O)cccc43)C(F)C2)CC1. The Hall–Kier alpha value is -3.43. The number of alkyl halides is 1. The molecule has 6 rings (SSSR count). The maximum atomic E-state index is 15.5. The number of halogens is 1. The fraction of sp³-hybridized carbons (Fsp3) is 0.448. The highest BCUT2D eigenvalue weighted by Gasteiger charge is 2.33. The Kier molecular flexibility index (Phi) is 7.04. The van der Waals surface area contributed by atoms with E-state index < -0.39 is 6.17 Å². The number of hydrazine groups is 1. The van der Waals surface area contributed by atoms with Crippen molar-refractivity contribution >= 4 is 22.7 Å². The minimum Gasteiger partial charge on any atom is -0.388 e. The van der Waals surface area contributed by atoms with E-state index in [0.29, 0.717) is 31.2 Å². The third-order valence-electron chi connectivity index (χ3n) is 8.23. The molecule has 3 aromatic rings. The number of hydrogen-bond acceptors (Lipinski definition) is 5. The largest absolute Gasteiger partial charge is 0.388 e. The van der Waals surface area contributed by atoms with Gasteiger partial charge in [0.05, 0.1) is 11.6 Å². The molecule has 8 nitrogen and oxygen atoms in total. The van der Waals surface area contributed by atoms with E-state index in [-0.39, 0.29) is 17.9 Å². The number of carbonyl (C=O) groups excluding carboxylic acids is 2. The lowest BCUT2D eigenvalue weighted by atomic mass is 9.94. The van der Waals surface area contributed by atoms with Crippen LogP contribution in [0.3, 0.4) is 0 Å². The third kappa shape index (κ3) is 5.00. The average Bonchev–Trinajstić information content (AvgIpc) is 3.37. The van der Waals surface area contributed by atoms with Gasteiger partial charge in [-0.15, -0.1) is 0 Å². The molecule has 38 heavy (non-hydrogen) atoms. The van der Waals surface area contributed by atoms with E-state index in [2.05, 4.69) is 10.5 Å². The first-order valence-electron chi connectivity index (χ1n) is 13.6. The third-order valence-corrected chi connectivity index (χ3v) is 8.23. The number of amides is 2. The molecule has 3 fully saturated rings. The van der Waals surface area contributed by atoms with E-state index >= 15 is 4.39 Å². The van der Waals surface area contributed by atoms with E-state index in [1.807, 2.05) is 70.3 Å². The molecule has 3 saturated heterocycles. The summed E-state index contributed by atoms with van der Waals surface area (Å²) in [6.45, 7) is 4.29. The maximum absolute atomic E-state index is 15.5. The molecule has 0 saturated carbocycles. The Bertz CT molecular complexity index is 1290. The number of rotatable bonds is 7. The predicted molar refractivity (Wildman–Crippen MR) is 142 cm³/mol. The highest BCUT2D eigenvalue weighted by molar-refractivity contribution is 5.94. The zero-order valence-corrected chi connectivity index (χ0v) is 21.5. The van der Waals surface area contributed by atoms with Crippen molar-refractivity contribution in [3.8, 4) is 5.75 Å². The second kappa shape index (κ2) is 10.7. The Morgan fingerprint density at radius 3 is 2.50 bits per heavy atom. The number of aromatic nitrogens is 1. The second-order valence-corrected chi connectivity index (χ2v) is 10.6. The summed E-state index contributed by atoms with van der Waals surface area (Å²) in [5.74, 6) is 1.21. The zero-order chi connectivity index (χ0) is 26.1. The van der Waals surface area contributed by atoms with E-state index in [0.717, 1.165) is 61.9 Å². The first kappa shape index (κ1) is 24.9. The molecule has 0 aliphatic carbocycles. The molecule has 9 heteroatoms. The molecule has 200 valence electrons. The van der Waals surface area contributed by atoms with Gasteiger partial charge >= 0.3 is 0 Å². The molecule has 1 N–H and O–H groups in total. The van der Waals surface area contributed by atoms with Gasteiger partial charge in [0, 0.05) is 62.8 Å². The van der Waals surface area contributed by atoms with Crippen LogP contribution in [0.1, 0.15) is 42.1 Å². The molecule has 2 amide bonds. The minimum absolute atomic E-state index is 0.00741. The monoisotopic (exact) mass is 519 g/mol. The Labute approximate surface area is 221 Å². The lowest BCUT2D eigenvalue weighted by Gasteiger charge is -2.39. The fourth-order valence-electron chi connectivity index (χ4n) is 5.94. The topological polar surface area (TPSA) is 70.1 Å². The van der Waals surface area contributed by atoms with Crippen molar-refractivity contribution in [1.82, 2.24) is 25.0 Å². The van der Waals surface area contributed by atoms with Crippen molar-refractivity contribution in [3.63, 3.8) is 0 Å². The average molecular weight is 520 g/mol. The number of benzene rings is 2. The summed E-state index contributed by atoms with van der Waals surface area (Å²) >= 11 is 0. The van der Waals surface area contributed by atoms with E-state index in [4.69, 9.17) is 4.84 Å². The van der Waals surface area contributed by atoms with Gasteiger partial charge in [-0.2, -0.15) is 0 Å². The van der Waals surface area contributed by atoms with Gasteiger partial charge in [-0.3, -0.25) is 9.59 Å². The molecular formula is C29H34FN5O3. The molecule has 2 atom stereocenters. The number of likely N-dealkylation sites (tertiary alicyclic amines) is 2. The second-order valence-electron chi connectivity index (χ2n) is 10.6. The van der Waals surface area contributed by atoms with E-state index in [9.17, 15) is 9.59 Å². The van der Waals surface area contributed by atoms with Gasteiger partial charge in [-0.25, -0.2) is 9.40 Å². The summed E-state index contributed by atoms with van der Waals surface area (Å²) < 4.78 is 17.6. The summed E-state index contributed by atoms with van der Waals surface area (Å²) in [6, 6.07) is 16.9. The van der Waals surface area contributed by atoms with Crippen LogP contribution < -0.4 is 10.4 Å². The summed E-state index contributed by atoms with van der Waals surface area (Å²) in [6.07, 6.45) is 4.15. The van der Waals surface area contributed by atoms with Gasteiger partial charge in [0.15, 0.2) is 5.75 Å². The summed E-state index contributed by atoms with van der Waals surface area (Å²) in [4.78, 5) is 34.2. The smallest absolute Gasteiger partial charge is 0.253 e. The number of carbonyl (C=O) groups is 2. The van der Waals surface area contributed by atoms with Gasteiger partial charge in [0.1, 0.15) is 6.17 Å². The molecule has 0 radical (unpaired) electrons. The lowest BCUT2D eigenvalue weighted by Crippen LogP contribution is -2.53. The van der Waals surface area contributed by atoms with Gasteiger partial charge in [-0.1, -0.05) is 29.9 Å². The molecule has 2 aromatic carbocycles. The summed E-state index contributed by atoms with van der Waals surface area (Å²) in [7, 11) is 0. The molecule has 0 bridgehead atoms. The van der Waals surface area contributed by atoms with Crippen LogP contribution in [-0.2, 0) is 4.79 Å². The van der Waals surface area contributed by atoms with Crippen LogP contribution >= 0.6 is 0 Å². The van der Waals surface area contributed by atoms with Gasteiger partial charge in [0.2, 0.25) is 5.91 Å². The molecule has 1 aromatic heterocycles. The van der Waals surface area contributed by atoms with Crippen LogP contribution in [0.5, 0.6) is 5.75 Å². The van der Waals surface area contributed by atoms with Crippen molar-refractivity contribution in [1.29, 1.82) is 0 Å². The van der Waals surface area contributed by atoms with Crippen molar-refractivity contribution < 1.29 is 18.8 Å². The number of piperidine rings is 2. The normalized spacial score (nSPS) is 23.0. The Morgan fingerprint density at radius 2 is 1.79 bits per heavy atom. The maximum Gasteiger partial charge on any atom is 0.253 e. The van der Waals surface area contributed by atoms with Crippen LogP contribution in [0.2, 0.25) is 0 Å². The number of fused-ring (bicyclic) bond motifs is 1. The fourth-order valence-corrected chi connectivity index (χ4v) is 5.94. The molecular weight excluding hydrogens is 485 g/mol. The Balaban J connectivity index is 1.03. The number of nitrogens with zero attached hydrogens (tertiary/aromatic N) is 4. The number of β-lactam (4-membered cyclic amide) rings is 1. The lowest BCUT2D eigenvalue weighted by molar-refractivity contribution is -0.154. The molecule has 4 heterocycles. The molecule has 3 aliphatic heterocycles. The predicted octanol–water partition coefficient (Wildman–Crippen LogP) is 3.81. The van der Waals surface area contributed by atoms with Crippen molar-refractivity contribution in [2.75, 3.05) is 39.3 Å². The first-order chi connectivity index (χ1) is 18.6. The quantitative estimate of drug-likeness (QED) is 0.380. The summed E-state index contributed by atoms with van der Waals surface area (Å²) in [5.41, 5.74) is 4.38. The van der Waals surface area contributed by atoms with Crippen molar-refractivity contribution in [3.05, 3.63) is 66.4 Å². The van der Waals surface area contributed by atoms with Gasteiger partial charge < -0.3 is 19.2 Å². The molecule has 2 unspecified atom stereocenters. The first-order valence-corrected chi connectivity index (χ1v) is 13.6. The Morgan fingerprint density at radius 1 is 0.974 bits per heavy atom. The summed E-state index contributed by atoms with van der Waals surface area (Å²) in [5, 5.41) is 2.33. The highest BCUT2D eigenvalue weighted by Crippen LogP contribution is 2.34. The molecule has 0 spiro atoms. The van der Waals surface area contributed by atoms with Gasteiger partial charge in [-0.05, 0) is 55.5 Å². The van der Waals surface area contributed by atoms with E-state index in [1.54, 1.807) is 0 Å². The van der Waals surface area contributed by atoms with Gasteiger partial charge in [0.25, 0.3) is 5.91 Å². The standard InChI is InChI=1S/C29H34FN5O3/c30-24-20-32(19-21-9-15-33(16-10-21)29(37)22-5-2-1-3-6-22)14-12-26(24)34-17-11-23-25(34)7-4-8-27(23)38-31-35-18-13-28(35)36/h1-8,11,17,21,24,26,31H,9-10,12-16,18-20H2. The minimum atomic E-state index is -0.972. The van der Waals surface area contributed by atoms with Crippen LogP contribution in [0.4, 0.5) is 4.39 Å². The van der Waals surface area contributed by atoms with Crippen LogP contribution in [0.25, 0.3) is 10.9 Å². The van der Waals surface area contributed by atoms with Crippen molar-refractivity contribution in [2.45, 2.75) is 37.9 Å². The van der Waals surface area contributed by atoms with Crippen LogP contribution in [-0.4, -0.2) is 76.6 Å². The molecule has 3 aliphatic rings. The number of hydrogen-bond donors (Lipinski definition) is 1.